The summed E-state index contributed by atoms with van der Waals surface area (Å²) in [6.45, 7) is 0.612. The number of carbonyl (C=O) groups excluding carboxylic acids is 3. The summed E-state index contributed by atoms with van der Waals surface area (Å²) in [4.78, 5) is 44.2. The van der Waals surface area contributed by atoms with Crippen LogP contribution in [-0.2, 0) is 5.92 Å². The molecule has 0 radical (unpaired) electrons. The molecule has 0 unspecified atom stereocenters. The van der Waals surface area contributed by atoms with Gasteiger partial charge in [-0.25, -0.2) is 0 Å². The van der Waals surface area contributed by atoms with E-state index in [9.17, 15) is 62.9 Å². The lowest BCUT2D eigenvalue weighted by Gasteiger charge is -2.25. The zero-order valence-electron chi connectivity index (χ0n) is 55.3. The Morgan fingerprint density at radius 2 is 0.837 bits per heavy atom. The fraction of sp³-hybridized carbons (Fsp3) is 0.386. The molecule has 0 spiro atoms. The molecule has 3 amide bonds. The number of nitrogens with one attached hydrogen (secondary N) is 3. The number of aromatic nitrogens is 9. The summed E-state index contributed by atoms with van der Waals surface area (Å²) in [5.41, 5.74) is 4.03. The van der Waals surface area contributed by atoms with Gasteiger partial charge in [-0.3, -0.25) is 28.4 Å². The highest BCUT2D eigenvalue weighted by molar-refractivity contribution is 6.08. The third kappa shape index (κ3) is 15.2. The van der Waals surface area contributed by atoms with E-state index in [0.717, 1.165) is 133 Å². The minimum atomic E-state index is -3.38. The molecule has 6 aromatic heterocycles. The van der Waals surface area contributed by atoms with E-state index in [1.165, 1.54) is 24.3 Å². The summed E-state index contributed by atoms with van der Waals surface area (Å²) in [6, 6.07) is 29.1. The van der Waals surface area contributed by atoms with Gasteiger partial charge in [0.1, 0.15) is 0 Å². The van der Waals surface area contributed by atoms with E-state index in [1.54, 1.807) is 46.2 Å². The molecule has 28 heteroatoms. The molecule has 3 aliphatic rings. The number of nitrogens with zero attached hydrogens (tertiary/aromatic N) is 12. The van der Waals surface area contributed by atoms with Crippen LogP contribution in [0.2, 0.25) is 0 Å². The van der Waals surface area contributed by atoms with E-state index < -0.39 is 52.8 Å². The van der Waals surface area contributed by atoms with Crippen molar-refractivity contribution in [1.29, 1.82) is 0 Å². The quantitative estimate of drug-likeness (QED) is 0.0335. The predicted molar refractivity (Wildman–Crippen MR) is 365 cm³/mol. The first-order valence-corrected chi connectivity index (χ1v) is 32.5. The van der Waals surface area contributed by atoms with Crippen LogP contribution in [0, 0.1) is 15.6 Å². The zero-order valence-corrected chi connectivity index (χ0v) is 55.3. The van der Waals surface area contributed by atoms with E-state index in [4.69, 9.17) is 10.2 Å². The van der Waals surface area contributed by atoms with Crippen molar-refractivity contribution < 1.29 is 61.5 Å². The highest BCUT2D eigenvalue weighted by Crippen LogP contribution is 2.38. The van der Waals surface area contributed by atoms with E-state index in [1.807, 2.05) is 116 Å². The molecule has 6 N–H and O–H groups in total. The van der Waals surface area contributed by atoms with Gasteiger partial charge in [0.2, 0.25) is 5.52 Å². The number of amides is 3. The standard InChI is InChI=1S/C25H27N5O3.C23H27F2N5O3.C22H25F2N5O3/c1-28(2)24-14-20-17(15-29(27-20)18-8-10-19(31)11-9-18)13-21(24)26-25(32)23-12-7-16-5-3-4-6-22(16)30(23)33;1-23(24,25)21-6-4-5-19(30(21)33)22(32)26-18-11-14-13-29(15-7-9-16(31)10-8-15)27-17(14)12-20(18)28(2)3;1-27(2)20-11-16-13(12-28(26-16)14-6-8-15(30)9-7-14)10-17(20)25-22(31)19-5-3-4-18(21(23)24)29(19)32/h3-7,12-15,18-19,31H,8-11H2,1-2H3,(H,26,32);4-6,11-13,15-16,31H,7-10H2,1-3H3,(H,26,32);3-5,10-12,14-15,21,30H,6-9H2,1-2H3,(H,25,31). The number of carbonyl (C=O) groups is 3. The summed E-state index contributed by atoms with van der Waals surface area (Å²) < 4.78 is 59.9. The number of alkyl halides is 4. The molecular formula is C70H79F4N15O9. The number of aliphatic hydroxyl groups excluding tert-OH is 3. The topological polar surface area (TPSA) is 292 Å². The summed E-state index contributed by atoms with van der Waals surface area (Å²) in [5, 5.41) is 92.5. The molecule has 0 aliphatic heterocycles. The molecular weight excluding hydrogens is 1270 g/mol. The highest BCUT2D eigenvalue weighted by Gasteiger charge is 2.36. The number of aliphatic hydroxyl groups is 3. The average Bonchev–Trinajstić information content (AvgIpc) is 1.56. The maximum absolute atomic E-state index is 13.7. The smallest absolute Gasteiger partial charge is 0.328 e. The van der Waals surface area contributed by atoms with Gasteiger partial charge in [0, 0.05) is 126 Å². The number of rotatable bonds is 14. The van der Waals surface area contributed by atoms with Crippen LogP contribution in [0.3, 0.4) is 0 Å². The van der Waals surface area contributed by atoms with Crippen LogP contribution in [0.1, 0.15) is 151 Å². The van der Waals surface area contributed by atoms with Crippen LogP contribution >= 0.6 is 0 Å². The maximum atomic E-state index is 13.7. The van der Waals surface area contributed by atoms with Crippen molar-refractivity contribution in [2.75, 3.05) is 72.9 Å². The Labute approximate surface area is 561 Å². The number of pyridine rings is 3. The van der Waals surface area contributed by atoms with Gasteiger partial charge in [-0.05, 0) is 138 Å². The summed E-state index contributed by atoms with van der Waals surface area (Å²) in [6.07, 6.45) is 11.7. The van der Waals surface area contributed by atoms with Crippen molar-refractivity contribution in [3.05, 3.63) is 172 Å². The summed E-state index contributed by atoms with van der Waals surface area (Å²) in [7, 11) is 11.0. The number of hydrogen-bond acceptors (Lipinski definition) is 15. The number of halogens is 4. The van der Waals surface area contributed by atoms with Gasteiger partial charge in [-0.2, -0.15) is 47.0 Å². The third-order valence-corrected chi connectivity index (χ3v) is 18.3. The molecule has 3 fully saturated rings. The van der Waals surface area contributed by atoms with Crippen LogP contribution in [0.5, 0.6) is 0 Å². The van der Waals surface area contributed by atoms with Gasteiger partial charge in [0.15, 0.2) is 0 Å². The first kappa shape index (κ1) is 69.2. The molecule has 0 bridgehead atoms. The fourth-order valence-electron chi connectivity index (χ4n) is 12.9. The van der Waals surface area contributed by atoms with Crippen LogP contribution in [0.15, 0.2) is 128 Å². The lowest BCUT2D eigenvalue weighted by Crippen LogP contribution is -2.44. The first-order valence-electron chi connectivity index (χ1n) is 32.5. The zero-order chi connectivity index (χ0) is 70.0. The Hall–Kier alpha value is -10.2. The van der Waals surface area contributed by atoms with Gasteiger partial charge in [-0.1, -0.05) is 12.1 Å². The van der Waals surface area contributed by atoms with E-state index >= 15 is 0 Å². The minimum Gasteiger partial charge on any atom is -0.618 e. The molecule has 6 heterocycles. The van der Waals surface area contributed by atoms with Crippen molar-refractivity contribution in [1.82, 2.24) is 29.3 Å². The third-order valence-electron chi connectivity index (χ3n) is 18.3. The van der Waals surface area contributed by atoms with Crippen molar-refractivity contribution in [3.8, 4) is 0 Å². The van der Waals surface area contributed by atoms with E-state index in [0.29, 0.717) is 45.6 Å². The minimum absolute atomic E-state index is 0.0290. The van der Waals surface area contributed by atoms with Gasteiger partial charge >= 0.3 is 30.1 Å². The SMILES string of the molecule is CN(C)c1cc2nn(C3CCC(O)CC3)cc2cc1NC(=O)c1ccc2ccccc2[n+]1[O-].CN(C)c1cc2nn(C3CCC(O)CC3)cc2cc1NC(=O)c1cccc(C(C)(F)F)[n+]1[O-].CN(C)c1cc2nn(C3CCC(O)CC3)cc2cc1NC(=O)c1cccc(C(F)F)[n+]1[O-]. The van der Waals surface area contributed by atoms with Crippen LogP contribution in [-0.4, -0.2) is 123 Å². The molecule has 3 saturated carbocycles. The number of fused-ring (bicyclic) bond motifs is 4. The van der Waals surface area contributed by atoms with Crippen molar-refractivity contribution >= 4 is 95.5 Å². The molecule has 0 saturated heterocycles. The van der Waals surface area contributed by atoms with E-state index in [-0.39, 0.29) is 51.6 Å². The molecule has 0 atom stereocenters. The van der Waals surface area contributed by atoms with Gasteiger partial charge in [-0.15, -0.1) is 0 Å². The number of anilines is 6. The Balaban J connectivity index is 0.000000149. The Kier molecular flexibility index (Phi) is 20.4. The molecule has 24 nitrogen and oxygen atoms in total. The molecule has 98 heavy (non-hydrogen) atoms. The largest absolute Gasteiger partial charge is 0.618 e. The Morgan fingerprint density at radius 3 is 1.20 bits per heavy atom. The van der Waals surface area contributed by atoms with Gasteiger partial charge in [0.25, 0.3) is 28.5 Å². The lowest BCUT2D eigenvalue weighted by atomic mass is 9.93. The Morgan fingerprint density at radius 1 is 0.480 bits per heavy atom. The van der Waals surface area contributed by atoms with Gasteiger partial charge in [0.05, 0.1) is 87.1 Å². The number of hydrogen-bond donors (Lipinski definition) is 6. The molecule has 13 rings (SSSR count). The normalized spacial score (nSPS) is 18.8. The van der Waals surface area contributed by atoms with Crippen LogP contribution < -0.4 is 44.8 Å². The Bertz CT molecular complexity index is 4570. The summed E-state index contributed by atoms with van der Waals surface area (Å²) in [5.74, 6) is -5.41. The summed E-state index contributed by atoms with van der Waals surface area (Å²) >= 11 is 0. The van der Waals surface area contributed by atoms with Crippen molar-refractivity contribution in [3.63, 3.8) is 0 Å². The maximum Gasteiger partial charge on any atom is 0.328 e. The van der Waals surface area contributed by atoms with Crippen molar-refractivity contribution in [2.24, 2.45) is 0 Å². The highest BCUT2D eigenvalue weighted by atomic mass is 19.3. The molecule has 3 aliphatic carbocycles. The number of benzene rings is 4. The first-order chi connectivity index (χ1) is 46.7. The van der Waals surface area contributed by atoms with Gasteiger partial charge < -0.3 is 61.6 Å². The lowest BCUT2D eigenvalue weighted by molar-refractivity contribution is -0.626. The number of para-hydroxylation sites is 1. The van der Waals surface area contributed by atoms with Crippen LogP contribution in [0.25, 0.3) is 43.6 Å². The van der Waals surface area contributed by atoms with Crippen LogP contribution in [0.4, 0.5) is 51.7 Å². The fourth-order valence-corrected chi connectivity index (χ4v) is 12.9. The second kappa shape index (κ2) is 28.9. The molecule has 516 valence electrons. The average molecular weight is 1350 g/mol. The van der Waals surface area contributed by atoms with E-state index in [2.05, 4.69) is 21.0 Å². The van der Waals surface area contributed by atoms with Crippen molar-refractivity contribution in [2.45, 2.75) is 133 Å². The monoisotopic (exact) mass is 1350 g/mol. The second-order valence-corrected chi connectivity index (χ2v) is 26.0. The molecule has 10 aromatic rings. The second-order valence-electron chi connectivity index (χ2n) is 26.0. The predicted octanol–water partition coefficient (Wildman–Crippen LogP) is 10.6. The molecule has 4 aromatic carbocycles.